The summed E-state index contributed by atoms with van der Waals surface area (Å²) in [4.78, 5) is 26.3. The Morgan fingerprint density at radius 3 is 2.11 bits per heavy atom. The fourth-order valence-electron chi connectivity index (χ4n) is 4.75. The largest absolute Gasteiger partial charge is 0.493 e. The summed E-state index contributed by atoms with van der Waals surface area (Å²) in [7, 11) is 6.07. The number of carbonyl (C=O) groups is 2. The molecule has 6 nitrogen and oxygen atoms in total. The van der Waals surface area contributed by atoms with Gasteiger partial charge in [-0.2, -0.15) is 0 Å². The van der Waals surface area contributed by atoms with E-state index in [1.54, 1.807) is 12.2 Å². The third-order valence-corrected chi connectivity index (χ3v) is 6.14. The molecular formula is C22H26O6. The Bertz CT molecular complexity index is 830. The lowest BCUT2D eigenvalue weighted by Gasteiger charge is -2.31. The maximum atomic E-state index is 13.3. The molecule has 0 aliphatic heterocycles. The minimum absolute atomic E-state index is 0.0792. The van der Waals surface area contributed by atoms with Crippen molar-refractivity contribution in [1.29, 1.82) is 0 Å². The van der Waals surface area contributed by atoms with Crippen molar-refractivity contribution in [3.05, 3.63) is 42.2 Å². The number of ketones is 2. The number of hydrogen-bond acceptors (Lipinski definition) is 6. The molecule has 0 amide bonds. The number of ether oxygens (including phenoxy) is 4. The van der Waals surface area contributed by atoms with Gasteiger partial charge < -0.3 is 18.9 Å². The lowest BCUT2D eigenvalue weighted by molar-refractivity contribution is -0.136. The van der Waals surface area contributed by atoms with Gasteiger partial charge in [0, 0.05) is 5.92 Å². The molecule has 2 aliphatic carbocycles. The van der Waals surface area contributed by atoms with Crippen LogP contribution < -0.4 is 14.2 Å². The topological polar surface area (TPSA) is 71.1 Å². The van der Waals surface area contributed by atoms with Crippen LogP contribution in [-0.2, 0) is 14.3 Å². The molecule has 0 spiro atoms. The molecule has 0 aromatic heterocycles. The minimum Gasteiger partial charge on any atom is -0.493 e. The van der Waals surface area contributed by atoms with Gasteiger partial charge in [-0.05, 0) is 36.1 Å². The van der Waals surface area contributed by atoms with E-state index in [0.29, 0.717) is 23.7 Å². The third-order valence-electron chi connectivity index (χ3n) is 6.14. The number of benzene rings is 1. The summed E-state index contributed by atoms with van der Waals surface area (Å²) in [5.41, 5.74) is -0.0121. The first kappa shape index (κ1) is 20.0. The van der Waals surface area contributed by atoms with Crippen LogP contribution in [0.1, 0.15) is 24.8 Å². The van der Waals surface area contributed by atoms with Crippen molar-refractivity contribution in [1.82, 2.24) is 0 Å². The van der Waals surface area contributed by atoms with Crippen LogP contribution in [0.15, 0.2) is 36.6 Å². The Hall–Kier alpha value is -2.76. The molecule has 0 N–H and O–H groups in total. The highest BCUT2D eigenvalue weighted by Crippen LogP contribution is 2.59. The van der Waals surface area contributed by atoms with Crippen molar-refractivity contribution in [2.45, 2.75) is 19.3 Å². The van der Waals surface area contributed by atoms with Crippen LogP contribution in [0.3, 0.4) is 0 Å². The highest BCUT2D eigenvalue weighted by molar-refractivity contribution is 6.17. The molecule has 0 radical (unpaired) electrons. The molecule has 1 aromatic carbocycles. The summed E-state index contributed by atoms with van der Waals surface area (Å²) in [6, 6.07) is 3.63. The normalized spacial score (nSPS) is 28.6. The smallest absolute Gasteiger partial charge is 0.208 e. The molecule has 3 rings (SSSR count). The Balaban J connectivity index is 2.21. The number of allylic oxidation sites excluding steroid dienone is 3. The van der Waals surface area contributed by atoms with Gasteiger partial charge in [-0.3, -0.25) is 9.59 Å². The van der Waals surface area contributed by atoms with Crippen molar-refractivity contribution in [3.8, 4) is 17.2 Å². The SMILES string of the molecule is C=CC[C@@]12C=C(OC)C(=O)[C@@H](C1=O)[C@H](c1cc(OC)c(OC)c(OC)c1)[C@H]2C. The van der Waals surface area contributed by atoms with E-state index in [-0.39, 0.29) is 29.2 Å². The first-order valence-electron chi connectivity index (χ1n) is 9.16. The highest BCUT2D eigenvalue weighted by atomic mass is 16.5. The highest BCUT2D eigenvalue weighted by Gasteiger charge is 2.62. The van der Waals surface area contributed by atoms with Crippen LogP contribution in [0.5, 0.6) is 17.2 Å². The van der Waals surface area contributed by atoms with E-state index in [9.17, 15) is 9.59 Å². The Kier molecular flexibility index (Phi) is 5.24. The van der Waals surface area contributed by atoms with E-state index >= 15 is 0 Å². The lowest BCUT2D eigenvalue weighted by atomic mass is 9.71. The van der Waals surface area contributed by atoms with Crippen molar-refractivity contribution in [2.24, 2.45) is 17.3 Å². The van der Waals surface area contributed by atoms with Crippen LogP contribution in [0.2, 0.25) is 0 Å². The second-order valence-electron chi connectivity index (χ2n) is 7.23. The zero-order valence-electron chi connectivity index (χ0n) is 16.9. The summed E-state index contributed by atoms with van der Waals surface area (Å²) < 4.78 is 21.6. The fourth-order valence-corrected chi connectivity index (χ4v) is 4.75. The van der Waals surface area contributed by atoms with E-state index in [0.717, 1.165) is 5.56 Å². The Morgan fingerprint density at radius 2 is 1.64 bits per heavy atom. The van der Waals surface area contributed by atoms with E-state index in [2.05, 4.69) is 6.58 Å². The average Bonchev–Trinajstić information content (AvgIpc) is 2.85. The van der Waals surface area contributed by atoms with Gasteiger partial charge in [-0.15, -0.1) is 6.58 Å². The second kappa shape index (κ2) is 7.34. The lowest BCUT2D eigenvalue weighted by Crippen LogP contribution is -2.38. The molecule has 28 heavy (non-hydrogen) atoms. The van der Waals surface area contributed by atoms with Gasteiger partial charge >= 0.3 is 0 Å². The summed E-state index contributed by atoms with van der Waals surface area (Å²) in [6.07, 6.45) is 3.87. The van der Waals surface area contributed by atoms with Gasteiger partial charge in [0.1, 0.15) is 0 Å². The maximum absolute atomic E-state index is 13.3. The summed E-state index contributed by atoms with van der Waals surface area (Å²) in [5, 5.41) is 0. The van der Waals surface area contributed by atoms with Crippen molar-refractivity contribution in [2.75, 3.05) is 28.4 Å². The molecule has 0 saturated heterocycles. The van der Waals surface area contributed by atoms with E-state index in [1.165, 1.54) is 28.4 Å². The summed E-state index contributed by atoms with van der Waals surface area (Å²) in [6.45, 7) is 5.81. The second-order valence-corrected chi connectivity index (χ2v) is 7.23. The van der Waals surface area contributed by atoms with Crippen LogP contribution >= 0.6 is 0 Å². The number of carbonyl (C=O) groups excluding carboxylic acids is 2. The average molecular weight is 386 g/mol. The molecule has 1 saturated carbocycles. The van der Waals surface area contributed by atoms with Gasteiger partial charge in [0.2, 0.25) is 11.5 Å². The number of methoxy groups -OCH3 is 4. The zero-order chi connectivity index (χ0) is 20.6. The third kappa shape index (κ3) is 2.62. The molecule has 2 aliphatic rings. The number of fused-ring (bicyclic) bond motifs is 2. The van der Waals surface area contributed by atoms with Crippen LogP contribution in [-0.4, -0.2) is 40.0 Å². The standard InChI is InChI=1S/C22H26O6/c1-7-8-22-11-16(27-5)19(23)18(21(22)24)17(12(22)2)13-9-14(25-3)20(28-6)15(10-13)26-4/h7,9-12,17-18H,1,8H2,2-6H3/t12-,17+,18+,22+/m1/s1. The van der Waals surface area contributed by atoms with E-state index < -0.39 is 11.3 Å². The maximum Gasteiger partial charge on any atom is 0.208 e. The van der Waals surface area contributed by atoms with Gasteiger partial charge in [0.25, 0.3) is 0 Å². The number of rotatable bonds is 7. The predicted octanol–water partition coefficient (Wildman–Crippen LogP) is 3.31. The van der Waals surface area contributed by atoms with E-state index in [1.807, 2.05) is 19.1 Å². The molecule has 0 unspecified atom stereocenters. The van der Waals surface area contributed by atoms with Crippen molar-refractivity contribution >= 4 is 11.6 Å². The molecule has 150 valence electrons. The molecule has 4 atom stereocenters. The number of hydrogen-bond donors (Lipinski definition) is 0. The molecule has 6 heteroatoms. The van der Waals surface area contributed by atoms with Crippen LogP contribution in [0.4, 0.5) is 0 Å². The van der Waals surface area contributed by atoms with Gasteiger partial charge in [-0.25, -0.2) is 0 Å². The summed E-state index contributed by atoms with van der Waals surface area (Å²) in [5.74, 6) is 0.0494. The van der Waals surface area contributed by atoms with Crippen LogP contribution in [0.25, 0.3) is 0 Å². The molecule has 2 bridgehead atoms. The molecule has 1 aromatic rings. The summed E-state index contributed by atoms with van der Waals surface area (Å²) >= 11 is 0. The molecule has 1 fully saturated rings. The van der Waals surface area contributed by atoms with Gasteiger partial charge in [0.15, 0.2) is 23.0 Å². The monoisotopic (exact) mass is 386 g/mol. The molecular weight excluding hydrogens is 360 g/mol. The van der Waals surface area contributed by atoms with E-state index in [4.69, 9.17) is 18.9 Å². The quantitative estimate of drug-likeness (QED) is 0.529. The Labute approximate surface area is 165 Å². The molecule has 0 heterocycles. The minimum atomic E-state index is -0.809. The fraction of sp³-hybridized carbons (Fsp3) is 0.455. The van der Waals surface area contributed by atoms with Gasteiger partial charge in [0.05, 0.1) is 39.8 Å². The Morgan fingerprint density at radius 1 is 1.04 bits per heavy atom. The van der Waals surface area contributed by atoms with Crippen molar-refractivity contribution in [3.63, 3.8) is 0 Å². The first-order chi connectivity index (χ1) is 13.4. The first-order valence-corrected chi connectivity index (χ1v) is 9.16. The van der Waals surface area contributed by atoms with Crippen LogP contribution in [0, 0.1) is 17.3 Å². The number of Topliss-reactive ketones (excluding diaryl/α,β-unsaturated/α-hetero) is 2. The van der Waals surface area contributed by atoms with Crippen molar-refractivity contribution < 1.29 is 28.5 Å². The predicted molar refractivity (Wildman–Crippen MR) is 104 cm³/mol. The zero-order valence-corrected chi connectivity index (χ0v) is 16.9. The van der Waals surface area contributed by atoms with Gasteiger partial charge in [-0.1, -0.05) is 13.0 Å².